The van der Waals surface area contributed by atoms with E-state index in [1.165, 1.54) is 10.9 Å². The molecule has 0 aliphatic carbocycles. The van der Waals surface area contributed by atoms with E-state index in [2.05, 4.69) is 26.3 Å². The van der Waals surface area contributed by atoms with Crippen molar-refractivity contribution in [2.45, 2.75) is 5.33 Å². The molecule has 2 rings (SSSR count). The highest BCUT2D eigenvalue weighted by Crippen LogP contribution is 2.31. The number of hydrogen-bond acceptors (Lipinski definition) is 2. The van der Waals surface area contributed by atoms with Crippen molar-refractivity contribution in [3.8, 4) is 0 Å². The molecule has 0 radical (unpaired) electrons. The number of halogens is 2. The fourth-order valence-corrected chi connectivity index (χ4v) is 3.00. The fraction of sp³-hybridized carbons (Fsp3) is 0.125. The van der Waals surface area contributed by atoms with Gasteiger partial charge in [0.25, 0.3) is 0 Å². The summed E-state index contributed by atoms with van der Waals surface area (Å²) >= 11 is 11.0. The fourth-order valence-electron chi connectivity index (χ4n) is 1.08. The van der Waals surface area contributed by atoms with Crippen molar-refractivity contribution in [1.29, 1.82) is 0 Å². The van der Waals surface area contributed by atoms with Crippen LogP contribution in [0, 0.1) is 0 Å². The van der Waals surface area contributed by atoms with Crippen molar-refractivity contribution in [3.05, 3.63) is 28.4 Å². The van der Waals surface area contributed by atoms with Gasteiger partial charge < -0.3 is 0 Å². The van der Waals surface area contributed by atoms with E-state index < -0.39 is 0 Å². The second-order valence-electron chi connectivity index (χ2n) is 2.37. The minimum Gasteiger partial charge on any atom is -0.243 e. The standard InChI is InChI=1S/C8H5BrClNS/c9-3-5-4-12-7-6(5)1-2-11-8(7)10/h1-2,4H,3H2. The first kappa shape index (κ1) is 8.48. The molecule has 0 saturated carbocycles. The predicted octanol–water partition coefficient (Wildman–Crippen LogP) is 3.84. The van der Waals surface area contributed by atoms with E-state index in [-0.39, 0.29) is 0 Å². The number of pyridine rings is 1. The van der Waals surface area contributed by atoms with Crippen LogP contribution in [-0.4, -0.2) is 4.98 Å². The first-order valence-corrected chi connectivity index (χ1v) is 5.77. The normalized spacial score (nSPS) is 10.8. The van der Waals surface area contributed by atoms with Crippen LogP contribution in [0.25, 0.3) is 10.1 Å². The molecule has 0 aliphatic rings. The molecule has 0 saturated heterocycles. The van der Waals surface area contributed by atoms with E-state index in [9.17, 15) is 0 Å². The molecule has 0 fully saturated rings. The third kappa shape index (κ3) is 1.26. The number of hydrogen-bond donors (Lipinski definition) is 0. The van der Waals surface area contributed by atoms with Crippen molar-refractivity contribution in [2.24, 2.45) is 0 Å². The maximum absolute atomic E-state index is 5.91. The predicted molar refractivity (Wildman–Crippen MR) is 57.3 cm³/mol. The van der Waals surface area contributed by atoms with Crippen molar-refractivity contribution < 1.29 is 0 Å². The maximum Gasteiger partial charge on any atom is 0.146 e. The minimum absolute atomic E-state index is 0.602. The van der Waals surface area contributed by atoms with Gasteiger partial charge in [-0.2, -0.15) is 0 Å². The number of thiophene rings is 1. The Labute approximate surface area is 87.5 Å². The highest BCUT2D eigenvalue weighted by Gasteiger charge is 2.05. The van der Waals surface area contributed by atoms with E-state index in [0.717, 1.165) is 10.0 Å². The van der Waals surface area contributed by atoms with Crippen molar-refractivity contribution in [1.82, 2.24) is 4.98 Å². The van der Waals surface area contributed by atoms with Crippen LogP contribution in [0.15, 0.2) is 17.6 Å². The van der Waals surface area contributed by atoms with Gasteiger partial charge in [0.15, 0.2) is 0 Å². The second-order valence-corrected chi connectivity index (χ2v) is 4.17. The molecule has 0 atom stereocenters. The van der Waals surface area contributed by atoms with Gasteiger partial charge in [0.1, 0.15) is 5.15 Å². The number of alkyl halides is 1. The van der Waals surface area contributed by atoms with Gasteiger partial charge >= 0.3 is 0 Å². The molecular formula is C8H5BrClNS. The quantitative estimate of drug-likeness (QED) is 0.562. The van der Waals surface area contributed by atoms with Gasteiger partial charge in [-0.05, 0) is 17.0 Å². The third-order valence-corrected chi connectivity index (χ3v) is 3.72. The van der Waals surface area contributed by atoms with E-state index in [4.69, 9.17) is 11.6 Å². The zero-order chi connectivity index (χ0) is 8.55. The van der Waals surface area contributed by atoms with Crippen molar-refractivity contribution in [3.63, 3.8) is 0 Å². The molecule has 2 heterocycles. The molecule has 0 N–H and O–H groups in total. The average molecular weight is 263 g/mol. The molecule has 4 heteroatoms. The largest absolute Gasteiger partial charge is 0.243 e. The summed E-state index contributed by atoms with van der Waals surface area (Å²) in [6.07, 6.45) is 1.74. The Kier molecular flexibility index (Phi) is 2.35. The molecule has 2 aromatic rings. The Morgan fingerprint density at radius 3 is 3.17 bits per heavy atom. The molecule has 0 aromatic carbocycles. The van der Waals surface area contributed by atoms with Crippen LogP contribution in [0.1, 0.15) is 5.56 Å². The number of fused-ring (bicyclic) bond motifs is 1. The summed E-state index contributed by atoms with van der Waals surface area (Å²) in [5.41, 5.74) is 1.28. The van der Waals surface area contributed by atoms with Gasteiger partial charge in [0.2, 0.25) is 0 Å². The smallest absolute Gasteiger partial charge is 0.146 e. The van der Waals surface area contributed by atoms with Gasteiger partial charge in [-0.3, -0.25) is 0 Å². The maximum atomic E-state index is 5.91. The summed E-state index contributed by atoms with van der Waals surface area (Å²) < 4.78 is 1.08. The van der Waals surface area contributed by atoms with Crippen LogP contribution in [-0.2, 0) is 5.33 Å². The lowest BCUT2D eigenvalue weighted by molar-refractivity contribution is 1.37. The Bertz CT molecular complexity index is 412. The Morgan fingerprint density at radius 1 is 1.58 bits per heavy atom. The summed E-state index contributed by atoms with van der Waals surface area (Å²) in [5.74, 6) is 0. The van der Waals surface area contributed by atoms with Gasteiger partial charge in [-0.15, -0.1) is 11.3 Å². The minimum atomic E-state index is 0.602. The third-order valence-electron chi connectivity index (χ3n) is 1.67. The Balaban J connectivity index is 2.80. The molecule has 2 aromatic heterocycles. The summed E-state index contributed by atoms with van der Waals surface area (Å²) in [7, 11) is 0. The van der Waals surface area contributed by atoms with Crippen molar-refractivity contribution >= 4 is 49.0 Å². The molecule has 0 aliphatic heterocycles. The first-order valence-electron chi connectivity index (χ1n) is 3.39. The van der Waals surface area contributed by atoms with Gasteiger partial charge in [0.05, 0.1) is 4.70 Å². The first-order chi connectivity index (χ1) is 5.83. The SMILES string of the molecule is Clc1nccc2c(CBr)csc12. The topological polar surface area (TPSA) is 12.9 Å². The lowest BCUT2D eigenvalue weighted by Gasteiger charge is -1.93. The van der Waals surface area contributed by atoms with Gasteiger partial charge in [0, 0.05) is 16.9 Å². The molecule has 0 spiro atoms. The number of nitrogens with zero attached hydrogens (tertiary/aromatic N) is 1. The van der Waals surface area contributed by atoms with Crippen LogP contribution in [0.3, 0.4) is 0 Å². The molecule has 0 amide bonds. The highest BCUT2D eigenvalue weighted by molar-refractivity contribution is 9.08. The molecule has 1 nitrogen and oxygen atoms in total. The van der Waals surface area contributed by atoms with Crippen LogP contribution < -0.4 is 0 Å². The zero-order valence-corrected chi connectivity index (χ0v) is 9.21. The lowest BCUT2D eigenvalue weighted by atomic mass is 10.2. The van der Waals surface area contributed by atoms with Crippen LogP contribution in [0.5, 0.6) is 0 Å². The molecular weight excluding hydrogens is 258 g/mol. The highest BCUT2D eigenvalue weighted by atomic mass is 79.9. The van der Waals surface area contributed by atoms with Crippen LogP contribution in [0.2, 0.25) is 5.15 Å². The lowest BCUT2D eigenvalue weighted by Crippen LogP contribution is -1.75. The summed E-state index contributed by atoms with van der Waals surface area (Å²) in [5, 5.41) is 4.78. The van der Waals surface area contributed by atoms with Crippen LogP contribution >= 0.6 is 38.9 Å². The molecule has 62 valence electrons. The van der Waals surface area contributed by atoms with Crippen LogP contribution in [0.4, 0.5) is 0 Å². The summed E-state index contributed by atoms with van der Waals surface area (Å²) in [6.45, 7) is 0. The van der Waals surface area contributed by atoms with Crippen molar-refractivity contribution in [2.75, 3.05) is 0 Å². The Morgan fingerprint density at radius 2 is 2.42 bits per heavy atom. The van der Waals surface area contributed by atoms with E-state index >= 15 is 0 Å². The van der Waals surface area contributed by atoms with Gasteiger partial charge in [-0.1, -0.05) is 27.5 Å². The van der Waals surface area contributed by atoms with E-state index in [1.54, 1.807) is 17.5 Å². The zero-order valence-electron chi connectivity index (χ0n) is 6.05. The number of rotatable bonds is 1. The Hall–Kier alpha value is -0.120. The second kappa shape index (κ2) is 3.32. The van der Waals surface area contributed by atoms with E-state index in [1.807, 2.05) is 6.07 Å². The molecule has 0 unspecified atom stereocenters. The summed E-state index contributed by atoms with van der Waals surface area (Å²) in [6, 6.07) is 1.99. The average Bonchev–Trinajstić information content (AvgIpc) is 2.49. The number of aromatic nitrogens is 1. The van der Waals surface area contributed by atoms with E-state index in [0.29, 0.717) is 5.15 Å². The summed E-state index contributed by atoms with van der Waals surface area (Å²) in [4.78, 5) is 4.02. The van der Waals surface area contributed by atoms with Gasteiger partial charge in [-0.25, -0.2) is 4.98 Å². The molecule has 12 heavy (non-hydrogen) atoms. The molecule has 0 bridgehead atoms. The monoisotopic (exact) mass is 261 g/mol.